The van der Waals surface area contributed by atoms with Crippen LogP contribution >= 0.6 is 0 Å². The molecule has 1 aromatic heterocycles. The van der Waals surface area contributed by atoms with Gasteiger partial charge in [-0.1, -0.05) is 0 Å². The summed E-state index contributed by atoms with van der Waals surface area (Å²) in [6, 6.07) is 2.05. The van der Waals surface area contributed by atoms with E-state index in [1.165, 1.54) is 0 Å². The molecule has 0 saturated heterocycles. The van der Waals surface area contributed by atoms with Gasteiger partial charge in [0.1, 0.15) is 0 Å². The highest BCUT2D eigenvalue weighted by molar-refractivity contribution is 5.75. The Morgan fingerprint density at radius 1 is 1.56 bits per heavy atom. The molecule has 5 heteroatoms. The fourth-order valence-corrected chi connectivity index (χ4v) is 1.58. The summed E-state index contributed by atoms with van der Waals surface area (Å²) in [7, 11) is 0. The molecule has 0 atom stereocenters. The molecule has 5 nitrogen and oxygen atoms in total. The van der Waals surface area contributed by atoms with Gasteiger partial charge < -0.3 is 11.1 Å². The largest absolute Gasteiger partial charge is 0.356 e. The molecule has 0 aliphatic carbocycles. The summed E-state index contributed by atoms with van der Waals surface area (Å²) in [5.41, 5.74) is 7.46. The maximum absolute atomic E-state index is 11.1. The highest BCUT2D eigenvalue weighted by Gasteiger charge is 2.01. The van der Waals surface area contributed by atoms with Crippen molar-refractivity contribution in [3.63, 3.8) is 0 Å². The second-order valence-corrected chi connectivity index (χ2v) is 3.89. The predicted octanol–water partition coefficient (Wildman–Crippen LogP) is 0.355. The number of nitrogens with one attached hydrogen (secondary N) is 1. The molecule has 0 saturated carbocycles. The molecular formula is C11H20N4O. The topological polar surface area (TPSA) is 72.9 Å². The quantitative estimate of drug-likeness (QED) is 0.685. The third-order valence-electron chi connectivity index (χ3n) is 2.34. The second kappa shape index (κ2) is 6.27. The molecule has 0 aliphatic heterocycles. The normalized spacial score (nSPS) is 10.4. The van der Waals surface area contributed by atoms with E-state index in [-0.39, 0.29) is 5.91 Å². The molecule has 1 amide bonds. The number of nitrogens with two attached hydrogens (primary N) is 1. The SMILES string of the molecule is Cc1cc(C)n(CCCNC(=O)CCN)n1. The molecule has 3 N–H and O–H groups in total. The van der Waals surface area contributed by atoms with E-state index in [1.54, 1.807) is 0 Å². The van der Waals surface area contributed by atoms with Gasteiger partial charge in [0.15, 0.2) is 0 Å². The van der Waals surface area contributed by atoms with Crippen molar-refractivity contribution in [1.29, 1.82) is 0 Å². The van der Waals surface area contributed by atoms with Crippen molar-refractivity contribution in [3.8, 4) is 0 Å². The van der Waals surface area contributed by atoms with Crippen LogP contribution in [0.5, 0.6) is 0 Å². The van der Waals surface area contributed by atoms with Crippen LogP contribution < -0.4 is 11.1 Å². The van der Waals surface area contributed by atoms with E-state index in [2.05, 4.69) is 10.4 Å². The Balaban J connectivity index is 2.21. The number of hydrogen-bond donors (Lipinski definition) is 2. The van der Waals surface area contributed by atoms with Crippen LogP contribution in [0.1, 0.15) is 24.2 Å². The summed E-state index contributed by atoms with van der Waals surface area (Å²) < 4.78 is 1.96. The molecule has 0 aliphatic rings. The average Bonchev–Trinajstić information content (AvgIpc) is 2.53. The fourth-order valence-electron chi connectivity index (χ4n) is 1.58. The molecule has 0 bridgehead atoms. The fraction of sp³-hybridized carbons (Fsp3) is 0.636. The van der Waals surface area contributed by atoms with Crippen LogP contribution in [0, 0.1) is 13.8 Å². The van der Waals surface area contributed by atoms with Crippen molar-refractivity contribution < 1.29 is 4.79 Å². The smallest absolute Gasteiger partial charge is 0.221 e. The van der Waals surface area contributed by atoms with E-state index in [0.717, 1.165) is 24.4 Å². The molecular weight excluding hydrogens is 204 g/mol. The summed E-state index contributed by atoms with van der Waals surface area (Å²) in [6.45, 7) is 5.93. The first-order chi connectivity index (χ1) is 7.63. The molecule has 1 aromatic rings. The van der Waals surface area contributed by atoms with Crippen molar-refractivity contribution >= 4 is 5.91 Å². The summed E-state index contributed by atoms with van der Waals surface area (Å²) in [6.07, 6.45) is 1.29. The minimum Gasteiger partial charge on any atom is -0.356 e. The molecule has 0 aromatic carbocycles. The number of nitrogens with zero attached hydrogens (tertiary/aromatic N) is 2. The lowest BCUT2D eigenvalue weighted by atomic mass is 10.3. The van der Waals surface area contributed by atoms with E-state index in [9.17, 15) is 4.79 Å². The third kappa shape index (κ3) is 4.02. The number of aromatic nitrogens is 2. The summed E-state index contributed by atoms with van der Waals surface area (Å²) >= 11 is 0. The van der Waals surface area contributed by atoms with Gasteiger partial charge in [-0.3, -0.25) is 9.48 Å². The van der Waals surface area contributed by atoms with E-state index in [1.807, 2.05) is 24.6 Å². The van der Waals surface area contributed by atoms with Crippen LogP contribution in [0.25, 0.3) is 0 Å². The Kier molecular flexibility index (Phi) is 4.98. The Morgan fingerprint density at radius 2 is 2.31 bits per heavy atom. The lowest BCUT2D eigenvalue weighted by Crippen LogP contribution is -2.27. The standard InChI is InChI=1S/C11H20N4O/c1-9-8-10(2)15(14-9)7-3-6-13-11(16)4-5-12/h8H,3-7,12H2,1-2H3,(H,13,16). The van der Waals surface area contributed by atoms with Gasteiger partial charge in [0.25, 0.3) is 0 Å². The maximum atomic E-state index is 11.1. The minimum atomic E-state index is 0.0240. The van der Waals surface area contributed by atoms with E-state index >= 15 is 0 Å². The number of rotatable bonds is 6. The van der Waals surface area contributed by atoms with Crippen LogP contribution in [0.4, 0.5) is 0 Å². The van der Waals surface area contributed by atoms with Gasteiger partial charge in [-0.2, -0.15) is 5.10 Å². The molecule has 0 fully saturated rings. The number of amides is 1. The zero-order chi connectivity index (χ0) is 12.0. The molecule has 90 valence electrons. The van der Waals surface area contributed by atoms with E-state index in [0.29, 0.717) is 19.5 Å². The van der Waals surface area contributed by atoms with E-state index in [4.69, 9.17) is 5.73 Å². The maximum Gasteiger partial charge on any atom is 0.221 e. The monoisotopic (exact) mass is 224 g/mol. The Labute approximate surface area is 96.0 Å². The molecule has 0 unspecified atom stereocenters. The first-order valence-corrected chi connectivity index (χ1v) is 5.61. The molecule has 1 rings (SSSR count). The van der Waals surface area contributed by atoms with Crippen molar-refractivity contribution in [1.82, 2.24) is 15.1 Å². The highest BCUT2D eigenvalue weighted by atomic mass is 16.1. The summed E-state index contributed by atoms with van der Waals surface area (Å²) in [5.74, 6) is 0.0240. The second-order valence-electron chi connectivity index (χ2n) is 3.89. The van der Waals surface area contributed by atoms with Gasteiger partial charge in [0.05, 0.1) is 5.69 Å². The number of carbonyl (C=O) groups is 1. The van der Waals surface area contributed by atoms with Gasteiger partial charge >= 0.3 is 0 Å². The van der Waals surface area contributed by atoms with Crippen LogP contribution in [0.3, 0.4) is 0 Å². The molecule has 1 heterocycles. The first-order valence-electron chi connectivity index (χ1n) is 5.61. The van der Waals surface area contributed by atoms with Gasteiger partial charge in [-0.05, 0) is 26.3 Å². The lowest BCUT2D eigenvalue weighted by molar-refractivity contribution is -0.120. The van der Waals surface area contributed by atoms with Crippen LogP contribution in [0.2, 0.25) is 0 Å². The van der Waals surface area contributed by atoms with Gasteiger partial charge in [-0.25, -0.2) is 0 Å². The number of hydrogen-bond acceptors (Lipinski definition) is 3. The van der Waals surface area contributed by atoms with Crippen LogP contribution in [-0.2, 0) is 11.3 Å². The highest BCUT2D eigenvalue weighted by Crippen LogP contribution is 2.02. The molecule has 16 heavy (non-hydrogen) atoms. The number of carbonyl (C=O) groups excluding carboxylic acids is 1. The summed E-state index contributed by atoms with van der Waals surface area (Å²) in [5, 5.41) is 7.17. The Morgan fingerprint density at radius 3 is 2.88 bits per heavy atom. The Hall–Kier alpha value is -1.36. The van der Waals surface area contributed by atoms with Crippen molar-refractivity contribution in [2.45, 2.75) is 33.2 Å². The van der Waals surface area contributed by atoms with Crippen molar-refractivity contribution in [2.24, 2.45) is 5.73 Å². The predicted molar refractivity (Wildman–Crippen MR) is 63.0 cm³/mol. The van der Waals surface area contributed by atoms with Crippen LogP contribution in [0.15, 0.2) is 6.07 Å². The third-order valence-corrected chi connectivity index (χ3v) is 2.34. The zero-order valence-corrected chi connectivity index (χ0v) is 9.99. The first kappa shape index (κ1) is 12.7. The van der Waals surface area contributed by atoms with Gasteiger partial charge in [0, 0.05) is 31.7 Å². The Bertz CT molecular complexity index is 346. The summed E-state index contributed by atoms with van der Waals surface area (Å²) in [4.78, 5) is 11.1. The van der Waals surface area contributed by atoms with Gasteiger partial charge in [-0.15, -0.1) is 0 Å². The zero-order valence-electron chi connectivity index (χ0n) is 9.99. The average molecular weight is 224 g/mol. The van der Waals surface area contributed by atoms with Gasteiger partial charge in [0.2, 0.25) is 5.91 Å². The van der Waals surface area contributed by atoms with Crippen molar-refractivity contribution in [2.75, 3.05) is 13.1 Å². The van der Waals surface area contributed by atoms with E-state index < -0.39 is 0 Å². The lowest BCUT2D eigenvalue weighted by Gasteiger charge is -2.05. The van der Waals surface area contributed by atoms with Crippen LogP contribution in [-0.4, -0.2) is 28.8 Å². The minimum absolute atomic E-state index is 0.0240. The molecule has 0 radical (unpaired) electrons. The van der Waals surface area contributed by atoms with Crippen molar-refractivity contribution in [3.05, 3.63) is 17.5 Å². The molecule has 0 spiro atoms. The number of aryl methyl sites for hydroxylation is 3.